The third kappa shape index (κ3) is 6.89. The van der Waals surface area contributed by atoms with Crippen LogP contribution in [0.25, 0.3) is 0 Å². The molecule has 1 unspecified atom stereocenters. The van der Waals surface area contributed by atoms with Gasteiger partial charge in [0.15, 0.2) is 0 Å². The standard InChI is InChI=1S/C18H27N3O5/c1-14-4-3-5-15(10-14)25-8-6-19-18(24)21-7-9-26-16(12-21)11-20(2)13-17(22)23/h3-5,10,16H,6-9,11-13H2,1-2H3,(H,19,24)(H,22,23). The highest BCUT2D eigenvalue weighted by Crippen LogP contribution is 2.12. The highest BCUT2D eigenvalue weighted by atomic mass is 16.5. The third-order valence-corrected chi connectivity index (χ3v) is 3.98. The number of nitrogens with one attached hydrogen (secondary N) is 1. The quantitative estimate of drug-likeness (QED) is 0.662. The van der Waals surface area contributed by atoms with Crippen LogP contribution in [0.1, 0.15) is 5.56 Å². The van der Waals surface area contributed by atoms with E-state index in [4.69, 9.17) is 14.6 Å². The molecule has 1 aromatic carbocycles. The van der Waals surface area contributed by atoms with E-state index in [1.165, 1.54) is 0 Å². The second kappa shape index (κ2) is 9.98. The molecule has 0 aliphatic carbocycles. The molecule has 2 rings (SSSR count). The molecule has 1 heterocycles. The topological polar surface area (TPSA) is 91.3 Å². The molecule has 144 valence electrons. The molecule has 8 nitrogen and oxygen atoms in total. The van der Waals surface area contributed by atoms with E-state index in [1.807, 2.05) is 31.2 Å². The first-order valence-electron chi connectivity index (χ1n) is 8.68. The number of benzene rings is 1. The van der Waals surface area contributed by atoms with E-state index >= 15 is 0 Å². The molecule has 0 spiro atoms. The van der Waals surface area contributed by atoms with Gasteiger partial charge in [-0.05, 0) is 31.7 Å². The molecule has 1 aliphatic rings. The van der Waals surface area contributed by atoms with E-state index in [-0.39, 0.29) is 18.7 Å². The van der Waals surface area contributed by atoms with Gasteiger partial charge in [0.05, 0.1) is 25.8 Å². The minimum atomic E-state index is -0.883. The van der Waals surface area contributed by atoms with Gasteiger partial charge < -0.3 is 24.8 Å². The molecule has 0 radical (unpaired) electrons. The van der Waals surface area contributed by atoms with Gasteiger partial charge >= 0.3 is 12.0 Å². The number of carbonyl (C=O) groups is 2. The number of urea groups is 1. The Bertz CT molecular complexity index is 610. The molecule has 0 bridgehead atoms. The summed E-state index contributed by atoms with van der Waals surface area (Å²) in [5.74, 6) is -0.0985. The van der Waals surface area contributed by atoms with Crippen molar-refractivity contribution in [3.8, 4) is 5.75 Å². The summed E-state index contributed by atoms with van der Waals surface area (Å²) in [7, 11) is 1.72. The molecule has 1 saturated heterocycles. The Hall–Kier alpha value is -2.32. The van der Waals surface area contributed by atoms with Crippen LogP contribution >= 0.6 is 0 Å². The zero-order valence-electron chi connectivity index (χ0n) is 15.3. The molecule has 2 amide bonds. The van der Waals surface area contributed by atoms with Crippen molar-refractivity contribution in [2.75, 3.05) is 53.0 Å². The largest absolute Gasteiger partial charge is 0.492 e. The predicted octanol–water partition coefficient (Wildman–Crippen LogP) is 0.801. The van der Waals surface area contributed by atoms with Crippen LogP contribution in [0.15, 0.2) is 24.3 Å². The van der Waals surface area contributed by atoms with Gasteiger partial charge in [0, 0.05) is 19.6 Å². The normalized spacial score (nSPS) is 17.2. The number of hydrogen-bond acceptors (Lipinski definition) is 5. The van der Waals surface area contributed by atoms with Crippen LogP contribution in [0.4, 0.5) is 4.79 Å². The number of carboxylic acids is 1. The SMILES string of the molecule is Cc1cccc(OCCNC(=O)N2CCOC(CN(C)CC(=O)O)C2)c1. The first kappa shape index (κ1) is 20.0. The predicted molar refractivity (Wildman–Crippen MR) is 96.5 cm³/mol. The Morgan fingerprint density at radius 2 is 2.27 bits per heavy atom. The fraction of sp³-hybridized carbons (Fsp3) is 0.556. The van der Waals surface area contributed by atoms with Crippen LogP contribution < -0.4 is 10.1 Å². The molecule has 2 N–H and O–H groups in total. The second-order valence-electron chi connectivity index (χ2n) is 6.43. The minimum Gasteiger partial charge on any atom is -0.492 e. The van der Waals surface area contributed by atoms with Crippen LogP contribution in [0.5, 0.6) is 5.75 Å². The van der Waals surface area contributed by atoms with E-state index in [0.717, 1.165) is 11.3 Å². The summed E-state index contributed by atoms with van der Waals surface area (Å²) in [5.41, 5.74) is 1.12. The molecule has 1 fully saturated rings. The van der Waals surface area contributed by atoms with Crippen molar-refractivity contribution >= 4 is 12.0 Å². The number of likely N-dealkylation sites (N-methyl/N-ethyl adjacent to an activating group) is 1. The molecule has 0 saturated carbocycles. The summed E-state index contributed by atoms with van der Waals surface area (Å²) < 4.78 is 11.2. The second-order valence-corrected chi connectivity index (χ2v) is 6.43. The average molecular weight is 365 g/mol. The van der Waals surface area contributed by atoms with Crippen molar-refractivity contribution in [1.82, 2.24) is 15.1 Å². The van der Waals surface area contributed by atoms with Crippen LogP contribution in [-0.2, 0) is 9.53 Å². The molecular weight excluding hydrogens is 338 g/mol. The number of morpholine rings is 1. The van der Waals surface area contributed by atoms with Crippen molar-refractivity contribution in [2.45, 2.75) is 13.0 Å². The van der Waals surface area contributed by atoms with Gasteiger partial charge in [0.2, 0.25) is 0 Å². The van der Waals surface area contributed by atoms with Gasteiger partial charge in [-0.2, -0.15) is 0 Å². The highest BCUT2D eigenvalue weighted by molar-refractivity contribution is 5.74. The number of ether oxygens (including phenoxy) is 2. The number of carboxylic acid groups (broad SMARTS) is 1. The smallest absolute Gasteiger partial charge is 0.317 e. The Labute approximate surface area is 153 Å². The third-order valence-electron chi connectivity index (χ3n) is 3.98. The maximum absolute atomic E-state index is 12.3. The van der Waals surface area contributed by atoms with E-state index in [2.05, 4.69) is 5.32 Å². The van der Waals surface area contributed by atoms with E-state index in [9.17, 15) is 9.59 Å². The molecule has 8 heteroatoms. The first-order valence-corrected chi connectivity index (χ1v) is 8.68. The van der Waals surface area contributed by atoms with Crippen LogP contribution in [-0.4, -0.2) is 86.0 Å². The molecule has 0 aromatic heterocycles. The van der Waals surface area contributed by atoms with Crippen molar-refractivity contribution in [2.24, 2.45) is 0 Å². The van der Waals surface area contributed by atoms with Gasteiger partial charge in [-0.15, -0.1) is 0 Å². The first-order chi connectivity index (χ1) is 12.4. The summed E-state index contributed by atoms with van der Waals surface area (Å²) in [6.07, 6.45) is -0.192. The molecule has 26 heavy (non-hydrogen) atoms. The maximum atomic E-state index is 12.3. The average Bonchev–Trinajstić information content (AvgIpc) is 2.58. The van der Waals surface area contributed by atoms with E-state index in [1.54, 1.807) is 16.8 Å². The lowest BCUT2D eigenvalue weighted by Gasteiger charge is -2.34. The van der Waals surface area contributed by atoms with Crippen molar-refractivity contribution in [3.05, 3.63) is 29.8 Å². The molecule has 1 aromatic rings. The summed E-state index contributed by atoms with van der Waals surface area (Å²) >= 11 is 0. The molecule has 1 aliphatic heterocycles. The van der Waals surface area contributed by atoms with Crippen molar-refractivity contribution < 1.29 is 24.2 Å². The van der Waals surface area contributed by atoms with Crippen molar-refractivity contribution in [1.29, 1.82) is 0 Å². The summed E-state index contributed by atoms with van der Waals surface area (Å²) in [4.78, 5) is 26.4. The Morgan fingerprint density at radius 1 is 1.46 bits per heavy atom. The zero-order valence-corrected chi connectivity index (χ0v) is 15.3. The number of carbonyl (C=O) groups excluding carboxylic acids is 1. The number of nitrogens with zero attached hydrogens (tertiary/aromatic N) is 2. The summed E-state index contributed by atoms with van der Waals surface area (Å²) in [6, 6.07) is 7.60. The fourth-order valence-electron chi connectivity index (χ4n) is 2.80. The number of amides is 2. The van der Waals surface area contributed by atoms with Gasteiger partial charge in [-0.3, -0.25) is 9.69 Å². The lowest BCUT2D eigenvalue weighted by Crippen LogP contribution is -2.52. The maximum Gasteiger partial charge on any atom is 0.317 e. The van der Waals surface area contributed by atoms with E-state index < -0.39 is 5.97 Å². The van der Waals surface area contributed by atoms with Gasteiger partial charge in [0.1, 0.15) is 12.4 Å². The highest BCUT2D eigenvalue weighted by Gasteiger charge is 2.25. The lowest BCUT2D eigenvalue weighted by atomic mass is 10.2. The Morgan fingerprint density at radius 3 is 3.00 bits per heavy atom. The van der Waals surface area contributed by atoms with E-state index in [0.29, 0.717) is 39.4 Å². The zero-order chi connectivity index (χ0) is 18.9. The lowest BCUT2D eigenvalue weighted by molar-refractivity contribution is -0.138. The fourth-order valence-corrected chi connectivity index (χ4v) is 2.80. The number of hydrogen-bond donors (Lipinski definition) is 2. The number of aliphatic carboxylic acids is 1. The van der Waals surface area contributed by atoms with Crippen molar-refractivity contribution in [3.63, 3.8) is 0 Å². The Balaban J connectivity index is 1.68. The summed E-state index contributed by atoms with van der Waals surface area (Å²) in [6.45, 7) is 4.61. The van der Waals surface area contributed by atoms with Gasteiger partial charge in [-0.25, -0.2) is 4.79 Å². The van der Waals surface area contributed by atoms with Crippen LogP contribution in [0.3, 0.4) is 0 Å². The number of aryl methyl sites for hydroxylation is 1. The van der Waals surface area contributed by atoms with Crippen LogP contribution in [0.2, 0.25) is 0 Å². The number of rotatable bonds is 8. The monoisotopic (exact) mass is 365 g/mol. The minimum absolute atomic E-state index is 0.0532. The Kier molecular flexibility index (Phi) is 7.68. The van der Waals surface area contributed by atoms with Gasteiger partial charge in [0.25, 0.3) is 0 Å². The van der Waals surface area contributed by atoms with Gasteiger partial charge in [-0.1, -0.05) is 12.1 Å². The van der Waals surface area contributed by atoms with Crippen LogP contribution in [0, 0.1) is 6.92 Å². The summed E-state index contributed by atoms with van der Waals surface area (Å²) in [5, 5.41) is 11.6. The molecular formula is C18H27N3O5. The molecule has 1 atom stereocenters.